The third kappa shape index (κ3) is 3.62. The number of carbonyl (C=O) groups excluding carboxylic acids is 2. The Morgan fingerprint density at radius 1 is 1.21 bits per heavy atom. The molecule has 0 spiro atoms. The Hall–Kier alpha value is -2.67. The summed E-state index contributed by atoms with van der Waals surface area (Å²) in [6, 6.07) is 12.1. The summed E-state index contributed by atoms with van der Waals surface area (Å²) < 4.78 is 13.5. The average molecular weight is 344 g/mol. The number of phenolic OH excluding ortho intramolecular Hbond substituents is 1. The van der Waals surface area contributed by atoms with E-state index in [-0.39, 0.29) is 17.9 Å². The Morgan fingerprint density at radius 3 is 2.62 bits per heavy atom. The number of nitrogens with one attached hydrogen (secondary N) is 1. The molecule has 2 amide bonds. The summed E-state index contributed by atoms with van der Waals surface area (Å²) in [5.41, 5.74) is 0.779. The monoisotopic (exact) mass is 344 g/mol. The zero-order valence-corrected chi connectivity index (χ0v) is 13.2. The topological polar surface area (TPSA) is 78.8 Å². The van der Waals surface area contributed by atoms with Crippen molar-refractivity contribution < 1.29 is 19.1 Å². The molecular formula is C17H13FN2O3S. The highest BCUT2D eigenvalue weighted by atomic mass is 32.2. The maximum absolute atomic E-state index is 13.5. The van der Waals surface area contributed by atoms with Crippen LogP contribution in [0.1, 0.15) is 12.0 Å². The Kier molecular flexibility index (Phi) is 4.61. The minimum Gasteiger partial charge on any atom is -0.508 e. The van der Waals surface area contributed by atoms with Gasteiger partial charge in [0.1, 0.15) is 21.9 Å². The van der Waals surface area contributed by atoms with Crippen LogP contribution in [-0.2, 0) is 9.59 Å². The minimum atomic E-state index is -0.638. The first-order chi connectivity index (χ1) is 11.5. The molecule has 0 unspecified atom stereocenters. The molecule has 0 radical (unpaired) electrons. The largest absolute Gasteiger partial charge is 0.508 e. The molecule has 5 nitrogen and oxygen atoms in total. The van der Waals surface area contributed by atoms with E-state index in [1.54, 1.807) is 18.2 Å². The van der Waals surface area contributed by atoms with Crippen molar-refractivity contribution in [1.29, 1.82) is 0 Å². The molecule has 7 heteroatoms. The van der Waals surface area contributed by atoms with Crippen molar-refractivity contribution in [2.45, 2.75) is 11.7 Å². The van der Waals surface area contributed by atoms with Crippen LogP contribution < -0.4 is 5.32 Å². The van der Waals surface area contributed by atoms with Gasteiger partial charge in [-0.05, 0) is 36.4 Å². The molecule has 2 aromatic carbocycles. The predicted molar refractivity (Wildman–Crippen MR) is 90.7 cm³/mol. The molecule has 1 aliphatic heterocycles. The van der Waals surface area contributed by atoms with Gasteiger partial charge >= 0.3 is 0 Å². The third-order valence-corrected chi connectivity index (χ3v) is 4.58. The standard InChI is InChI=1S/C17H13FN2O3S/c18-12-3-1-2-4-13(12)19-15(22)9-14-16(23)20-17(24-14)10-5-7-11(21)8-6-10/h1-8,14,21H,9H2,(H,19,22)/t14-/m1/s1. The number of phenols is 1. The number of thioether (sulfide) groups is 1. The highest BCUT2D eigenvalue weighted by Gasteiger charge is 2.31. The van der Waals surface area contributed by atoms with E-state index < -0.39 is 22.9 Å². The fourth-order valence-electron chi connectivity index (χ4n) is 2.18. The molecule has 1 heterocycles. The van der Waals surface area contributed by atoms with Crippen LogP contribution in [0.5, 0.6) is 5.75 Å². The fraction of sp³-hybridized carbons (Fsp3) is 0.118. The Labute approximate surface area is 141 Å². The summed E-state index contributed by atoms with van der Waals surface area (Å²) in [6.07, 6.45) is -0.0943. The number of anilines is 1. The van der Waals surface area contributed by atoms with Crippen molar-refractivity contribution in [3.63, 3.8) is 0 Å². The predicted octanol–water partition coefficient (Wildman–Crippen LogP) is 2.95. The van der Waals surface area contributed by atoms with Crippen LogP contribution in [0.3, 0.4) is 0 Å². The maximum atomic E-state index is 13.5. The number of aliphatic imine (C=N–C) groups is 1. The lowest BCUT2D eigenvalue weighted by Crippen LogP contribution is -2.21. The van der Waals surface area contributed by atoms with E-state index in [1.165, 1.54) is 42.1 Å². The van der Waals surface area contributed by atoms with Gasteiger partial charge in [0.15, 0.2) is 0 Å². The maximum Gasteiger partial charge on any atom is 0.260 e. The highest BCUT2D eigenvalue weighted by molar-refractivity contribution is 8.16. The lowest BCUT2D eigenvalue weighted by atomic mass is 10.2. The quantitative estimate of drug-likeness (QED) is 0.894. The average Bonchev–Trinajstić information content (AvgIpc) is 2.91. The van der Waals surface area contributed by atoms with Gasteiger partial charge in [0.2, 0.25) is 5.91 Å². The third-order valence-electron chi connectivity index (χ3n) is 3.37. The van der Waals surface area contributed by atoms with Crippen molar-refractivity contribution in [3.05, 3.63) is 59.9 Å². The van der Waals surface area contributed by atoms with Gasteiger partial charge in [0.05, 0.1) is 5.69 Å². The minimum absolute atomic E-state index is 0.0811. The number of amides is 2. The summed E-state index contributed by atoms with van der Waals surface area (Å²) >= 11 is 1.19. The summed E-state index contributed by atoms with van der Waals surface area (Å²) in [7, 11) is 0. The van der Waals surface area contributed by atoms with Gasteiger partial charge < -0.3 is 10.4 Å². The van der Waals surface area contributed by atoms with Crippen LogP contribution in [0, 0.1) is 5.82 Å². The van der Waals surface area contributed by atoms with E-state index in [9.17, 15) is 19.1 Å². The molecule has 0 fully saturated rings. The highest BCUT2D eigenvalue weighted by Crippen LogP contribution is 2.30. The number of rotatable bonds is 4. The number of hydrogen-bond donors (Lipinski definition) is 2. The second-order valence-corrected chi connectivity index (χ2v) is 6.33. The molecule has 0 aromatic heterocycles. The van der Waals surface area contributed by atoms with Gasteiger partial charge in [-0.15, -0.1) is 0 Å². The smallest absolute Gasteiger partial charge is 0.260 e. The van der Waals surface area contributed by atoms with Gasteiger partial charge in [-0.1, -0.05) is 23.9 Å². The van der Waals surface area contributed by atoms with E-state index in [0.29, 0.717) is 10.6 Å². The van der Waals surface area contributed by atoms with Crippen molar-refractivity contribution in [2.75, 3.05) is 5.32 Å². The first-order valence-corrected chi connectivity index (χ1v) is 8.04. The molecular weight excluding hydrogens is 331 g/mol. The SMILES string of the molecule is O=C(C[C@H]1SC(c2ccc(O)cc2)=NC1=O)Nc1ccccc1F. The zero-order valence-electron chi connectivity index (χ0n) is 12.4. The van der Waals surface area contributed by atoms with E-state index in [1.807, 2.05) is 0 Å². The molecule has 1 atom stereocenters. The lowest BCUT2D eigenvalue weighted by Gasteiger charge is -2.09. The van der Waals surface area contributed by atoms with Crippen LogP contribution in [0.2, 0.25) is 0 Å². The Morgan fingerprint density at radius 2 is 1.92 bits per heavy atom. The van der Waals surface area contributed by atoms with E-state index >= 15 is 0 Å². The normalized spacial score (nSPS) is 16.8. The molecule has 122 valence electrons. The fourth-order valence-corrected chi connectivity index (χ4v) is 3.25. The molecule has 3 rings (SSSR count). The Balaban J connectivity index is 1.63. The number of hydrogen-bond acceptors (Lipinski definition) is 4. The van der Waals surface area contributed by atoms with Crippen molar-refractivity contribution >= 4 is 34.3 Å². The second-order valence-electron chi connectivity index (χ2n) is 5.14. The second kappa shape index (κ2) is 6.84. The molecule has 0 saturated carbocycles. The number of nitrogens with zero attached hydrogens (tertiary/aromatic N) is 1. The van der Waals surface area contributed by atoms with Crippen LogP contribution in [0.15, 0.2) is 53.5 Å². The van der Waals surface area contributed by atoms with Gasteiger partial charge in [-0.25, -0.2) is 9.38 Å². The van der Waals surface area contributed by atoms with E-state index in [4.69, 9.17) is 0 Å². The molecule has 24 heavy (non-hydrogen) atoms. The van der Waals surface area contributed by atoms with Crippen molar-refractivity contribution in [3.8, 4) is 5.75 Å². The first-order valence-electron chi connectivity index (χ1n) is 7.16. The van der Waals surface area contributed by atoms with Gasteiger partial charge in [0.25, 0.3) is 5.91 Å². The van der Waals surface area contributed by atoms with Gasteiger partial charge in [-0.2, -0.15) is 0 Å². The summed E-state index contributed by atoms with van der Waals surface area (Å²) in [5.74, 6) is -1.26. The first kappa shape index (κ1) is 16.2. The van der Waals surface area contributed by atoms with E-state index in [0.717, 1.165) is 0 Å². The van der Waals surface area contributed by atoms with Gasteiger partial charge in [-0.3, -0.25) is 9.59 Å². The van der Waals surface area contributed by atoms with Crippen LogP contribution >= 0.6 is 11.8 Å². The van der Waals surface area contributed by atoms with Crippen molar-refractivity contribution in [2.24, 2.45) is 4.99 Å². The molecule has 2 aromatic rings. The number of carbonyl (C=O) groups is 2. The summed E-state index contributed by atoms with van der Waals surface area (Å²) in [5, 5.41) is 11.6. The van der Waals surface area contributed by atoms with Crippen molar-refractivity contribution in [1.82, 2.24) is 0 Å². The van der Waals surface area contributed by atoms with Gasteiger partial charge in [0, 0.05) is 12.0 Å². The lowest BCUT2D eigenvalue weighted by molar-refractivity contribution is -0.121. The Bertz CT molecular complexity index is 821. The summed E-state index contributed by atoms with van der Waals surface area (Å²) in [4.78, 5) is 27.9. The molecule has 2 N–H and O–H groups in total. The number of halogens is 1. The number of benzene rings is 2. The zero-order chi connectivity index (χ0) is 17.1. The van der Waals surface area contributed by atoms with Crippen LogP contribution in [-0.4, -0.2) is 27.2 Å². The molecule has 0 aliphatic carbocycles. The summed E-state index contributed by atoms with van der Waals surface area (Å²) in [6.45, 7) is 0. The number of aromatic hydroxyl groups is 1. The molecule has 1 aliphatic rings. The molecule has 0 saturated heterocycles. The molecule has 0 bridgehead atoms. The van der Waals surface area contributed by atoms with Crippen LogP contribution in [0.25, 0.3) is 0 Å². The number of para-hydroxylation sites is 1. The van der Waals surface area contributed by atoms with E-state index in [2.05, 4.69) is 10.3 Å². The van der Waals surface area contributed by atoms with Crippen LogP contribution in [0.4, 0.5) is 10.1 Å².